The van der Waals surface area contributed by atoms with E-state index >= 15 is 0 Å². The largest absolute Gasteiger partial charge is 0.493 e. The highest BCUT2D eigenvalue weighted by molar-refractivity contribution is 5.77. The van der Waals surface area contributed by atoms with E-state index in [0.29, 0.717) is 6.42 Å². The van der Waals surface area contributed by atoms with Crippen LogP contribution in [0, 0.1) is 6.92 Å². The van der Waals surface area contributed by atoms with E-state index in [1.807, 2.05) is 13.8 Å². The number of hydrogen-bond donors (Lipinski definition) is 1. The van der Waals surface area contributed by atoms with Crippen molar-refractivity contribution in [1.29, 1.82) is 0 Å². The van der Waals surface area contributed by atoms with Crippen molar-refractivity contribution in [3.63, 3.8) is 0 Å². The molecule has 3 atom stereocenters. The van der Waals surface area contributed by atoms with E-state index in [9.17, 15) is 4.79 Å². The quantitative estimate of drug-likeness (QED) is 0.829. The molecule has 3 rings (SSSR count). The van der Waals surface area contributed by atoms with Gasteiger partial charge in [-0.1, -0.05) is 24.3 Å². The topological polar surface area (TPSA) is 56.8 Å². The molecule has 0 bridgehead atoms. The van der Waals surface area contributed by atoms with Gasteiger partial charge in [-0.05, 0) is 19.4 Å². The average Bonchev–Trinajstić information content (AvgIpc) is 2.95. The van der Waals surface area contributed by atoms with E-state index in [0.717, 1.165) is 33.9 Å². The van der Waals surface area contributed by atoms with Gasteiger partial charge < -0.3 is 19.5 Å². The summed E-state index contributed by atoms with van der Waals surface area (Å²) in [5.74, 6) is 1.46. The highest BCUT2D eigenvalue weighted by atomic mass is 16.5. The second-order valence-electron chi connectivity index (χ2n) is 6.55. The predicted molar refractivity (Wildman–Crippen MR) is 97.6 cm³/mol. The molecule has 1 N–H and O–H groups in total. The average molecular weight is 343 g/mol. The van der Waals surface area contributed by atoms with E-state index in [2.05, 4.69) is 29.6 Å². The van der Waals surface area contributed by atoms with Gasteiger partial charge in [0.2, 0.25) is 0 Å². The molecule has 0 saturated carbocycles. The van der Waals surface area contributed by atoms with Gasteiger partial charge in [-0.25, -0.2) is 0 Å². The van der Waals surface area contributed by atoms with Gasteiger partial charge in [0, 0.05) is 36.1 Å². The van der Waals surface area contributed by atoms with Crippen molar-refractivity contribution < 1.29 is 19.0 Å². The van der Waals surface area contributed by atoms with Gasteiger partial charge in [-0.15, -0.1) is 0 Å². The fourth-order valence-electron chi connectivity index (χ4n) is 3.88. The third kappa shape index (κ3) is 2.99. The van der Waals surface area contributed by atoms with Gasteiger partial charge >= 0.3 is 5.97 Å². The summed E-state index contributed by atoms with van der Waals surface area (Å²) in [6.45, 7) is 5.36. The van der Waals surface area contributed by atoms with Crippen LogP contribution in [0.3, 0.4) is 0 Å². The van der Waals surface area contributed by atoms with E-state index in [1.54, 1.807) is 14.2 Å². The number of esters is 1. The maximum absolute atomic E-state index is 11.3. The number of carbonyl (C=O) groups excluding carboxylic acids is 1. The van der Waals surface area contributed by atoms with E-state index in [1.165, 1.54) is 6.92 Å². The SMILES string of the molecule is COc1c(C)c(C[C@@H](C)OC(C)=O)c2c(c1OC)C1C=CC=CC1N2. The Labute approximate surface area is 148 Å². The molecule has 1 aromatic rings. The number of ether oxygens (including phenoxy) is 3. The zero-order valence-corrected chi connectivity index (χ0v) is 15.4. The molecular formula is C20H25NO4. The molecule has 1 aromatic carbocycles. The lowest BCUT2D eigenvalue weighted by molar-refractivity contribution is -0.145. The van der Waals surface area contributed by atoms with Crippen LogP contribution in [0.5, 0.6) is 11.5 Å². The van der Waals surface area contributed by atoms with Gasteiger partial charge in [0.25, 0.3) is 0 Å². The maximum Gasteiger partial charge on any atom is 0.302 e. The lowest BCUT2D eigenvalue weighted by atomic mass is 9.87. The van der Waals surface area contributed by atoms with Crippen LogP contribution in [-0.2, 0) is 16.0 Å². The van der Waals surface area contributed by atoms with Crippen LogP contribution < -0.4 is 14.8 Å². The first kappa shape index (κ1) is 17.4. The zero-order chi connectivity index (χ0) is 18.1. The normalized spacial score (nSPS) is 21.2. The summed E-state index contributed by atoms with van der Waals surface area (Å²) in [6.07, 6.45) is 8.86. The summed E-state index contributed by atoms with van der Waals surface area (Å²) in [6, 6.07) is 0.197. The minimum atomic E-state index is -0.269. The molecule has 134 valence electrons. The second kappa shape index (κ2) is 6.82. The lowest BCUT2D eigenvalue weighted by Crippen LogP contribution is -2.19. The summed E-state index contributed by atoms with van der Waals surface area (Å²) in [4.78, 5) is 11.3. The molecule has 0 amide bonds. The first-order valence-electron chi connectivity index (χ1n) is 8.54. The minimum absolute atomic E-state index is 0.197. The summed E-state index contributed by atoms with van der Waals surface area (Å²) in [5.41, 5.74) is 4.30. The fraction of sp³-hybridized carbons (Fsp3) is 0.450. The number of hydrogen-bond acceptors (Lipinski definition) is 5. The Morgan fingerprint density at radius 1 is 1.20 bits per heavy atom. The maximum atomic E-state index is 11.3. The first-order chi connectivity index (χ1) is 12.0. The summed E-state index contributed by atoms with van der Waals surface area (Å²) in [7, 11) is 3.33. The Hall–Kier alpha value is -2.43. The molecular weight excluding hydrogens is 318 g/mol. The molecule has 1 aliphatic carbocycles. The van der Waals surface area contributed by atoms with Crippen molar-refractivity contribution in [3.8, 4) is 11.5 Å². The first-order valence-corrected chi connectivity index (χ1v) is 8.54. The summed E-state index contributed by atoms with van der Waals surface area (Å²) >= 11 is 0. The van der Waals surface area contributed by atoms with Gasteiger partial charge in [0.15, 0.2) is 11.5 Å². The van der Waals surface area contributed by atoms with Gasteiger partial charge in [-0.3, -0.25) is 4.79 Å². The molecule has 0 saturated heterocycles. The van der Waals surface area contributed by atoms with E-state index < -0.39 is 0 Å². The summed E-state index contributed by atoms with van der Waals surface area (Å²) in [5, 5.41) is 3.62. The number of fused-ring (bicyclic) bond motifs is 3. The number of methoxy groups -OCH3 is 2. The standard InChI is InChI=1S/C20H25NO4/c1-11(25-13(3)22)10-15-12(2)19(23-4)20(24-5)17-14-8-6-7-9-16(14)21-18(15)17/h6-9,11,14,16,21H,10H2,1-5H3/t11-,14?,16?/m1/s1. The van der Waals surface area contributed by atoms with Gasteiger partial charge in [0.1, 0.15) is 6.10 Å². The highest BCUT2D eigenvalue weighted by Gasteiger charge is 2.37. The monoisotopic (exact) mass is 343 g/mol. The molecule has 0 aromatic heterocycles. The van der Waals surface area contributed by atoms with Crippen molar-refractivity contribution in [2.75, 3.05) is 19.5 Å². The summed E-state index contributed by atoms with van der Waals surface area (Å²) < 4.78 is 16.7. The number of carbonyl (C=O) groups is 1. The number of benzene rings is 1. The van der Waals surface area contributed by atoms with E-state index in [-0.39, 0.29) is 24.0 Å². The minimum Gasteiger partial charge on any atom is -0.493 e. The van der Waals surface area contributed by atoms with Crippen LogP contribution in [0.25, 0.3) is 0 Å². The Morgan fingerprint density at radius 3 is 2.52 bits per heavy atom. The smallest absolute Gasteiger partial charge is 0.302 e. The fourth-order valence-corrected chi connectivity index (χ4v) is 3.88. The number of rotatable bonds is 5. The number of anilines is 1. The van der Waals surface area contributed by atoms with Crippen molar-refractivity contribution in [3.05, 3.63) is 41.0 Å². The Morgan fingerprint density at radius 2 is 1.88 bits per heavy atom. The van der Waals surface area contributed by atoms with Crippen LogP contribution in [0.2, 0.25) is 0 Å². The Kier molecular flexibility index (Phi) is 4.75. The molecule has 0 radical (unpaired) electrons. The zero-order valence-electron chi connectivity index (χ0n) is 15.4. The Balaban J connectivity index is 2.13. The lowest BCUT2D eigenvalue weighted by Gasteiger charge is -2.22. The predicted octanol–water partition coefficient (Wildman–Crippen LogP) is 3.51. The number of nitrogens with one attached hydrogen (secondary N) is 1. The second-order valence-corrected chi connectivity index (χ2v) is 6.55. The van der Waals surface area contributed by atoms with Crippen LogP contribution in [-0.4, -0.2) is 32.3 Å². The third-order valence-corrected chi connectivity index (χ3v) is 4.86. The van der Waals surface area contributed by atoms with Crippen LogP contribution in [0.1, 0.15) is 36.5 Å². The Bertz CT molecular complexity index is 751. The van der Waals surface area contributed by atoms with Crippen molar-refractivity contribution >= 4 is 11.7 Å². The molecule has 2 aliphatic rings. The van der Waals surface area contributed by atoms with Crippen molar-refractivity contribution in [2.24, 2.45) is 0 Å². The molecule has 0 fully saturated rings. The van der Waals surface area contributed by atoms with Crippen LogP contribution >= 0.6 is 0 Å². The molecule has 2 unspecified atom stereocenters. The number of allylic oxidation sites excluding steroid dienone is 2. The molecule has 5 nitrogen and oxygen atoms in total. The molecule has 5 heteroatoms. The van der Waals surface area contributed by atoms with Crippen LogP contribution in [0.4, 0.5) is 5.69 Å². The highest BCUT2D eigenvalue weighted by Crippen LogP contribution is 2.52. The molecule has 1 heterocycles. The van der Waals surface area contributed by atoms with Gasteiger partial charge in [-0.2, -0.15) is 0 Å². The van der Waals surface area contributed by atoms with Crippen LogP contribution in [0.15, 0.2) is 24.3 Å². The molecule has 25 heavy (non-hydrogen) atoms. The third-order valence-electron chi connectivity index (χ3n) is 4.86. The van der Waals surface area contributed by atoms with Gasteiger partial charge in [0.05, 0.1) is 20.3 Å². The molecule has 0 spiro atoms. The van der Waals surface area contributed by atoms with Crippen molar-refractivity contribution in [2.45, 2.75) is 45.3 Å². The van der Waals surface area contributed by atoms with Crippen molar-refractivity contribution in [1.82, 2.24) is 0 Å². The van der Waals surface area contributed by atoms with E-state index in [4.69, 9.17) is 14.2 Å². The molecule has 1 aliphatic heterocycles.